The highest BCUT2D eigenvalue weighted by Gasteiger charge is 2.34. The minimum absolute atomic E-state index is 0.121. The van der Waals surface area contributed by atoms with Crippen LogP contribution in [-0.2, 0) is 19.6 Å². The molecule has 0 saturated carbocycles. The van der Waals surface area contributed by atoms with Crippen LogP contribution in [-0.4, -0.2) is 49.8 Å². The van der Waals surface area contributed by atoms with Gasteiger partial charge in [-0.1, -0.05) is 54.1 Å². The predicted octanol–water partition coefficient (Wildman–Crippen LogP) is 6.29. The predicted molar refractivity (Wildman–Crippen MR) is 163 cm³/mol. The topological polar surface area (TPSA) is 88.8 Å². The Morgan fingerprint density at radius 1 is 0.930 bits per heavy atom. The highest BCUT2D eigenvalue weighted by Crippen LogP contribution is 2.46. The second-order valence-electron chi connectivity index (χ2n) is 11.3. The van der Waals surface area contributed by atoms with Gasteiger partial charge in [0.05, 0.1) is 35.2 Å². The maximum atomic E-state index is 15.0. The number of carboxylic acid groups (broad SMARTS) is 1. The average molecular weight is 597 g/mol. The fraction of sp³-hybridized carbons (Fsp3) is 0.206. The van der Waals surface area contributed by atoms with Crippen molar-refractivity contribution in [3.8, 4) is 22.4 Å². The molecule has 0 aliphatic carbocycles. The molecule has 0 amide bonds. The summed E-state index contributed by atoms with van der Waals surface area (Å²) in [4.78, 5) is 13.5. The van der Waals surface area contributed by atoms with Crippen LogP contribution in [0.5, 0.6) is 0 Å². The summed E-state index contributed by atoms with van der Waals surface area (Å²) in [7, 11) is -4.15. The molecule has 2 aliphatic rings. The molecule has 0 bridgehead atoms. The first kappa shape index (κ1) is 27.4. The summed E-state index contributed by atoms with van der Waals surface area (Å²) in [6.45, 7) is 3.73. The lowest BCUT2D eigenvalue weighted by atomic mass is 9.87. The molecule has 2 fully saturated rings. The van der Waals surface area contributed by atoms with Gasteiger partial charge < -0.3 is 14.7 Å². The molecule has 1 aromatic heterocycles. The number of carboxylic acids is 1. The number of nitrogens with zero attached hydrogens (tertiary/aromatic N) is 2. The monoisotopic (exact) mass is 596 g/mol. The van der Waals surface area contributed by atoms with E-state index in [9.17, 15) is 22.7 Å². The number of rotatable bonds is 7. The first-order chi connectivity index (χ1) is 20.7. The number of aryl methyl sites for hydroxylation is 1. The molecule has 0 unspecified atom stereocenters. The SMILES string of the molecule is Cc1ccc(S(=O)(=O)n2c(-c3cccc(N4CC(C(=O)O)C4)c3)c(-c3ccccc3C3COC3)c3cc(F)ccc32)cc1. The van der Waals surface area contributed by atoms with Gasteiger partial charge in [0, 0.05) is 41.2 Å². The quantitative estimate of drug-likeness (QED) is 0.238. The first-order valence-corrected chi connectivity index (χ1v) is 15.6. The molecule has 5 aromatic rings. The summed E-state index contributed by atoms with van der Waals surface area (Å²) >= 11 is 0. The molecule has 7 nitrogen and oxygen atoms in total. The molecule has 9 heteroatoms. The van der Waals surface area contributed by atoms with Crippen LogP contribution in [0.2, 0.25) is 0 Å². The van der Waals surface area contributed by atoms with Crippen LogP contribution in [0.1, 0.15) is 17.0 Å². The molecular formula is C34H29FN2O5S. The smallest absolute Gasteiger partial charge is 0.310 e. The zero-order valence-electron chi connectivity index (χ0n) is 23.4. The van der Waals surface area contributed by atoms with E-state index in [-0.39, 0.29) is 10.8 Å². The lowest BCUT2D eigenvalue weighted by Gasteiger charge is -2.38. The third-order valence-corrected chi connectivity index (χ3v) is 10.2. The highest BCUT2D eigenvalue weighted by atomic mass is 32.2. The summed E-state index contributed by atoms with van der Waals surface area (Å²) in [5, 5.41) is 9.89. The van der Waals surface area contributed by atoms with Crippen molar-refractivity contribution in [3.63, 3.8) is 0 Å². The Hall–Kier alpha value is -4.47. The van der Waals surface area contributed by atoms with Gasteiger partial charge in [-0.05, 0) is 60.5 Å². The van der Waals surface area contributed by atoms with Crippen LogP contribution in [0.3, 0.4) is 0 Å². The van der Waals surface area contributed by atoms with Crippen LogP contribution in [0, 0.1) is 18.7 Å². The van der Waals surface area contributed by atoms with Crippen molar-refractivity contribution in [2.45, 2.75) is 17.7 Å². The zero-order valence-corrected chi connectivity index (χ0v) is 24.2. The van der Waals surface area contributed by atoms with E-state index in [4.69, 9.17) is 4.74 Å². The van der Waals surface area contributed by atoms with Gasteiger partial charge in [0.2, 0.25) is 0 Å². The van der Waals surface area contributed by atoms with Crippen molar-refractivity contribution < 1.29 is 27.4 Å². The number of aromatic nitrogens is 1. The van der Waals surface area contributed by atoms with Gasteiger partial charge in [0.25, 0.3) is 10.0 Å². The van der Waals surface area contributed by atoms with Crippen molar-refractivity contribution in [1.82, 2.24) is 3.97 Å². The average Bonchev–Trinajstić information content (AvgIpc) is 3.27. The molecule has 3 heterocycles. The molecule has 0 atom stereocenters. The molecule has 2 aliphatic heterocycles. The number of benzene rings is 4. The standard InChI is InChI=1S/C34H29FN2O5S/c1-21-9-12-27(13-10-21)43(40,41)37-31-14-11-25(35)16-30(31)32(29-8-3-2-7-28(29)24-19-42-20-24)33(37)22-5-4-6-26(15-22)36-17-23(18-36)34(38)39/h2-16,23-24H,17-20H2,1H3,(H,38,39). The molecule has 1 N–H and O–H groups in total. The lowest BCUT2D eigenvalue weighted by Crippen LogP contribution is -2.50. The molecule has 43 heavy (non-hydrogen) atoms. The Labute approximate surface area is 248 Å². The Bertz CT molecular complexity index is 1990. The Balaban J connectivity index is 1.54. The fourth-order valence-electron chi connectivity index (χ4n) is 6.03. The van der Waals surface area contributed by atoms with Crippen molar-refractivity contribution in [2.75, 3.05) is 31.2 Å². The van der Waals surface area contributed by atoms with Crippen LogP contribution >= 0.6 is 0 Å². The van der Waals surface area contributed by atoms with E-state index in [0.717, 1.165) is 22.4 Å². The molecule has 0 radical (unpaired) electrons. The van der Waals surface area contributed by atoms with Gasteiger partial charge in [-0.3, -0.25) is 4.79 Å². The third kappa shape index (κ3) is 4.60. The van der Waals surface area contributed by atoms with Crippen molar-refractivity contribution in [2.24, 2.45) is 5.92 Å². The van der Waals surface area contributed by atoms with Crippen LogP contribution in [0.4, 0.5) is 10.1 Å². The van der Waals surface area contributed by atoms with E-state index in [2.05, 4.69) is 0 Å². The molecular weight excluding hydrogens is 567 g/mol. The Morgan fingerprint density at radius 3 is 2.37 bits per heavy atom. The molecule has 218 valence electrons. The van der Waals surface area contributed by atoms with Crippen LogP contribution in [0.25, 0.3) is 33.3 Å². The maximum Gasteiger partial charge on any atom is 0.310 e. The normalized spacial score (nSPS) is 15.8. The number of halogens is 1. The van der Waals surface area contributed by atoms with E-state index in [1.165, 1.54) is 22.2 Å². The number of hydrogen-bond donors (Lipinski definition) is 1. The van der Waals surface area contributed by atoms with E-state index >= 15 is 0 Å². The third-order valence-electron chi connectivity index (χ3n) is 8.47. The minimum atomic E-state index is -4.15. The number of aliphatic carboxylic acids is 1. The van der Waals surface area contributed by atoms with Crippen LogP contribution in [0.15, 0.2) is 95.9 Å². The van der Waals surface area contributed by atoms with Gasteiger partial charge in [0.15, 0.2) is 0 Å². The van der Waals surface area contributed by atoms with Gasteiger partial charge in [0.1, 0.15) is 5.82 Å². The first-order valence-electron chi connectivity index (χ1n) is 14.1. The summed E-state index contributed by atoms with van der Waals surface area (Å²) in [6, 6.07) is 26.2. The summed E-state index contributed by atoms with van der Waals surface area (Å²) in [5.74, 6) is -1.63. The number of carbonyl (C=O) groups is 1. The van der Waals surface area contributed by atoms with Crippen molar-refractivity contribution in [3.05, 3.63) is 108 Å². The number of hydrogen-bond acceptors (Lipinski definition) is 5. The maximum absolute atomic E-state index is 15.0. The van der Waals surface area contributed by atoms with E-state index in [1.807, 2.05) is 60.4 Å². The van der Waals surface area contributed by atoms with Crippen molar-refractivity contribution in [1.29, 1.82) is 0 Å². The zero-order chi connectivity index (χ0) is 29.9. The second-order valence-corrected chi connectivity index (χ2v) is 13.1. The van der Waals surface area contributed by atoms with Gasteiger partial charge in [-0.2, -0.15) is 0 Å². The minimum Gasteiger partial charge on any atom is -0.481 e. The molecule has 7 rings (SSSR count). The van der Waals surface area contributed by atoms with E-state index in [0.29, 0.717) is 54.0 Å². The van der Waals surface area contributed by atoms with Gasteiger partial charge in [-0.25, -0.2) is 16.8 Å². The van der Waals surface area contributed by atoms with E-state index < -0.39 is 27.7 Å². The number of ether oxygens (including phenoxy) is 1. The lowest BCUT2D eigenvalue weighted by molar-refractivity contribution is -0.142. The second kappa shape index (κ2) is 10.4. The summed E-state index contributed by atoms with van der Waals surface area (Å²) in [5.41, 5.74) is 5.58. The van der Waals surface area contributed by atoms with E-state index in [1.54, 1.807) is 24.3 Å². The van der Waals surface area contributed by atoms with Gasteiger partial charge in [-0.15, -0.1) is 0 Å². The summed E-state index contributed by atoms with van der Waals surface area (Å²) in [6.07, 6.45) is 0. The molecule has 0 spiro atoms. The molecule has 2 saturated heterocycles. The van der Waals surface area contributed by atoms with Crippen LogP contribution < -0.4 is 4.90 Å². The highest BCUT2D eigenvalue weighted by molar-refractivity contribution is 7.90. The largest absolute Gasteiger partial charge is 0.481 e. The fourth-order valence-corrected chi connectivity index (χ4v) is 7.57. The summed E-state index contributed by atoms with van der Waals surface area (Å²) < 4.78 is 50.9. The number of fused-ring (bicyclic) bond motifs is 1. The van der Waals surface area contributed by atoms with Crippen molar-refractivity contribution >= 4 is 32.6 Å². The number of anilines is 1. The molecule has 4 aromatic carbocycles. The Morgan fingerprint density at radius 2 is 1.67 bits per heavy atom. The van der Waals surface area contributed by atoms with Gasteiger partial charge >= 0.3 is 5.97 Å². The Kier molecular flexibility index (Phi) is 6.59.